The Hall–Kier alpha value is -0.160. The van der Waals surface area contributed by atoms with E-state index in [1.54, 1.807) is 7.11 Å². The topological polar surface area (TPSA) is 47.7 Å². The van der Waals surface area contributed by atoms with Gasteiger partial charge in [-0.2, -0.15) is 0 Å². The molecule has 0 spiro atoms. The van der Waals surface area contributed by atoms with Gasteiger partial charge in [0.05, 0.1) is 19.3 Å². The molecule has 0 amide bonds. The Morgan fingerprint density at radius 2 is 2.38 bits per heavy atom. The van der Waals surface area contributed by atoms with E-state index in [4.69, 9.17) is 15.2 Å². The quantitative estimate of drug-likeness (QED) is 0.657. The van der Waals surface area contributed by atoms with Gasteiger partial charge in [-0.25, -0.2) is 0 Å². The van der Waals surface area contributed by atoms with Crippen LogP contribution in [0.4, 0.5) is 0 Å². The van der Waals surface area contributed by atoms with Gasteiger partial charge in [0.25, 0.3) is 0 Å². The minimum absolute atomic E-state index is 0.257. The zero-order valence-electron chi connectivity index (χ0n) is 8.37. The van der Waals surface area contributed by atoms with Crippen molar-refractivity contribution < 1.29 is 9.47 Å². The lowest BCUT2D eigenvalue weighted by molar-refractivity contribution is 0.0669. The molecule has 13 heavy (non-hydrogen) atoms. The first-order chi connectivity index (χ1) is 6.36. The molecule has 1 aliphatic rings. The minimum Gasteiger partial charge on any atom is -0.383 e. The van der Waals surface area contributed by atoms with Crippen molar-refractivity contribution in [1.82, 2.24) is 4.90 Å². The third-order valence-electron chi connectivity index (χ3n) is 2.40. The van der Waals surface area contributed by atoms with Crippen molar-refractivity contribution in [3.05, 3.63) is 0 Å². The highest BCUT2D eigenvalue weighted by Crippen LogP contribution is 2.05. The highest BCUT2D eigenvalue weighted by molar-refractivity contribution is 4.68. The third kappa shape index (κ3) is 4.04. The molecule has 1 saturated heterocycles. The van der Waals surface area contributed by atoms with Gasteiger partial charge in [0, 0.05) is 33.3 Å². The van der Waals surface area contributed by atoms with Gasteiger partial charge in [-0.05, 0) is 6.42 Å². The van der Waals surface area contributed by atoms with Crippen molar-refractivity contribution in [1.29, 1.82) is 0 Å². The van der Waals surface area contributed by atoms with Gasteiger partial charge in [0.1, 0.15) is 0 Å². The molecular weight excluding hydrogens is 168 g/mol. The summed E-state index contributed by atoms with van der Waals surface area (Å²) in [5.41, 5.74) is 5.55. The van der Waals surface area contributed by atoms with Gasteiger partial charge in [-0.15, -0.1) is 0 Å². The van der Waals surface area contributed by atoms with Crippen molar-refractivity contribution >= 4 is 0 Å². The summed E-state index contributed by atoms with van der Waals surface area (Å²) in [7, 11) is 1.73. The Bertz CT molecular complexity index is 133. The third-order valence-corrected chi connectivity index (χ3v) is 2.40. The van der Waals surface area contributed by atoms with E-state index >= 15 is 0 Å². The zero-order chi connectivity index (χ0) is 9.52. The summed E-state index contributed by atoms with van der Waals surface area (Å²) in [5, 5.41) is 0. The molecule has 1 fully saturated rings. The number of nitrogens with zero attached hydrogens (tertiary/aromatic N) is 1. The highest BCUT2D eigenvalue weighted by atomic mass is 16.5. The van der Waals surface area contributed by atoms with Crippen LogP contribution in [0.3, 0.4) is 0 Å². The van der Waals surface area contributed by atoms with E-state index in [0.29, 0.717) is 6.54 Å². The Morgan fingerprint density at radius 3 is 3.08 bits per heavy atom. The maximum absolute atomic E-state index is 5.55. The summed E-state index contributed by atoms with van der Waals surface area (Å²) >= 11 is 0. The van der Waals surface area contributed by atoms with Gasteiger partial charge in [-0.1, -0.05) is 0 Å². The van der Waals surface area contributed by atoms with Crippen LogP contribution in [0.1, 0.15) is 6.42 Å². The van der Waals surface area contributed by atoms with E-state index in [-0.39, 0.29) is 6.10 Å². The fourth-order valence-corrected chi connectivity index (χ4v) is 1.50. The highest BCUT2D eigenvalue weighted by Gasteiger charge is 2.15. The van der Waals surface area contributed by atoms with Crippen molar-refractivity contribution in [2.24, 2.45) is 5.73 Å². The maximum Gasteiger partial charge on any atom is 0.0710 e. The number of rotatable bonds is 4. The standard InChI is InChI=1S/C9H20N2O2/c1-12-6-4-11-3-2-9(8-10)13-7-5-11/h9H,2-8,10H2,1H3. The predicted molar refractivity (Wildman–Crippen MR) is 51.7 cm³/mol. The lowest BCUT2D eigenvalue weighted by Crippen LogP contribution is -2.30. The number of ether oxygens (including phenoxy) is 2. The van der Waals surface area contributed by atoms with Gasteiger partial charge < -0.3 is 15.2 Å². The van der Waals surface area contributed by atoms with Crippen molar-refractivity contribution in [2.45, 2.75) is 12.5 Å². The lowest BCUT2D eigenvalue weighted by atomic mass is 10.2. The van der Waals surface area contributed by atoms with E-state index < -0.39 is 0 Å². The SMILES string of the molecule is COCCN1CCOC(CN)CC1. The second-order valence-electron chi connectivity index (χ2n) is 3.35. The number of nitrogens with two attached hydrogens (primary N) is 1. The molecule has 78 valence electrons. The smallest absolute Gasteiger partial charge is 0.0710 e. The summed E-state index contributed by atoms with van der Waals surface area (Å²) in [6.45, 7) is 5.30. The van der Waals surface area contributed by atoms with Crippen molar-refractivity contribution in [3.8, 4) is 0 Å². The molecule has 1 rings (SSSR count). The molecule has 0 aliphatic carbocycles. The Labute approximate surface area is 80.0 Å². The molecule has 0 aromatic rings. The predicted octanol–water partition coefficient (Wildman–Crippen LogP) is -0.318. The summed E-state index contributed by atoms with van der Waals surface area (Å²) < 4.78 is 10.6. The summed E-state index contributed by atoms with van der Waals surface area (Å²) in [6, 6.07) is 0. The fourth-order valence-electron chi connectivity index (χ4n) is 1.50. The van der Waals surface area contributed by atoms with Crippen LogP contribution in [0.25, 0.3) is 0 Å². The number of hydrogen-bond donors (Lipinski definition) is 1. The van der Waals surface area contributed by atoms with Crippen molar-refractivity contribution in [3.63, 3.8) is 0 Å². The Morgan fingerprint density at radius 1 is 1.54 bits per heavy atom. The molecular formula is C9H20N2O2. The van der Waals surface area contributed by atoms with Crippen LogP contribution in [0.5, 0.6) is 0 Å². The van der Waals surface area contributed by atoms with E-state index in [0.717, 1.165) is 39.3 Å². The van der Waals surface area contributed by atoms with E-state index in [1.807, 2.05) is 0 Å². The lowest BCUT2D eigenvalue weighted by Gasteiger charge is -2.18. The van der Waals surface area contributed by atoms with Gasteiger partial charge >= 0.3 is 0 Å². The fraction of sp³-hybridized carbons (Fsp3) is 1.00. The van der Waals surface area contributed by atoms with Crippen LogP contribution in [-0.4, -0.2) is 57.5 Å². The molecule has 1 aliphatic heterocycles. The van der Waals surface area contributed by atoms with Crippen LogP contribution in [0, 0.1) is 0 Å². The maximum atomic E-state index is 5.55. The van der Waals surface area contributed by atoms with Crippen LogP contribution in [0.2, 0.25) is 0 Å². The molecule has 1 unspecified atom stereocenters. The largest absolute Gasteiger partial charge is 0.383 e. The van der Waals surface area contributed by atoms with E-state index in [1.165, 1.54) is 0 Å². The summed E-state index contributed by atoms with van der Waals surface area (Å²) in [4.78, 5) is 2.36. The molecule has 1 atom stereocenters. The first kappa shape index (κ1) is 10.9. The first-order valence-electron chi connectivity index (χ1n) is 4.89. The first-order valence-corrected chi connectivity index (χ1v) is 4.89. The Kier molecular flexibility index (Phi) is 5.31. The second-order valence-corrected chi connectivity index (χ2v) is 3.35. The Balaban J connectivity index is 2.19. The molecule has 0 radical (unpaired) electrons. The van der Waals surface area contributed by atoms with E-state index in [9.17, 15) is 0 Å². The van der Waals surface area contributed by atoms with Crippen molar-refractivity contribution in [2.75, 3.05) is 46.5 Å². The van der Waals surface area contributed by atoms with Crippen LogP contribution in [-0.2, 0) is 9.47 Å². The minimum atomic E-state index is 0.257. The van der Waals surface area contributed by atoms with Gasteiger partial charge in [0.15, 0.2) is 0 Å². The van der Waals surface area contributed by atoms with Crippen LogP contribution < -0.4 is 5.73 Å². The number of methoxy groups -OCH3 is 1. The molecule has 0 saturated carbocycles. The monoisotopic (exact) mass is 188 g/mol. The molecule has 0 aromatic heterocycles. The molecule has 0 aromatic carbocycles. The second kappa shape index (κ2) is 6.32. The molecule has 1 heterocycles. The van der Waals surface area contributed by atoms with Crippen LogP contribution >= 0.6 is 0 Å². The van der Waals surface area contributed by atoms with Crippen LogP contribution in [0.15, 0.2) is 0 Å². The summed E-state index contributed by atoms with van der Waals surface area (Å²) in [6.07, 6.45) is 1.30. The molecule has 4 nitrogen and oxygen atoms in total. The molecule has 2 N–H and O–H groups in total. The average molecular weight is 188 g/mol. The number of hydrogen-bond acceptors (Lipinski definition) is 4. The zero-order valence-corrected chi connectivity index (χ0v) is 8.37. The van der Waals surface area contributed by atoms with Gasteiger partial charge in [-0.3, -0.25) is 4.90 Å². The average Bonchev–Trinajstić information content (AvgIpc) is 2.39. The summed E-state index contributed by atoms with van der Waals surface area (Å²) in [5.74, 6) is 0. The van der Waals surface area contributed by atoms with Gasteiger partial charge in [0.2, 0.25) is 0 Å². The van der Waals surface area contributed by atoms with E-state index in [2.05, 4.69) is 4.90 Å². The molecule has 4 heteroatoms. The molecule has 0 bridgehead atoms. The normalized spacial score (nSPS) is 25.8.